The van der Waals surface area contributed by atoms with Gasteiger partial charge in [0.15, 0.2) is 0 Å². The quantitative estimate of drug-likeness (QED) is 0.459. The molecule has 2 rings (SSSR count). The molecule has 0 radical (unpaired) electrons. The van der Waals surface area contributed by atoms with Gasteiger partial charge in [-0.15, -0.1) is 0 Å². The Hall–Kier alpha value is -2.59. The van der Waals surface area contributed by atoms with Gasteiger partial charge in [0, 0.05) is 17.1 Å². The van der Waals surface area contributed by atoms with Gasteiger partial charge in [0.1, 0.15) is 18.3 Å². The van der Waals surface area contributed by atoms with Crippen LogP contribution in [0.3, 0.4) is 0 Å². The number of ether oxygens (including phenoxy) is 1. The summed E-state index contributed by atoms with van der Waals surface area (Å²) >= 11 is 3.43. The maximum Gasteiger partial charge on any atom is 0.244 e. The van der Waals surface area contributed by atoms with Gasteiger partial charge in [-0.05, 0) is 62.2 Å². The molecule has 0 heterocycles. The Balaban J connectivity index is 2.37. The van der Waals surface area contributed by atoms with Crippen LogP contribution in [0.25, 0.3) is 0 Å². The lowest BCUT2D eigenvalue weighted by Gasteiger charge is -2.32. The molecule has 2 aromatic carbocycles. The van der Waals surface area contributed by atoms with Crippen molar-refractivity contribution in [3.05, 3.63) is 58.6 Å². The maximum absolute atomic E-state index is 13.5. The Labute approximate surface area is 210 Å². The molecule has 2 atom stereocenters. The second-order valence-electron chi connectivity index (χ2n) is 8.11. The number of amides is 2. The molecule has 0 aliphatic heterocycles. The first-order chi connectivity index (χ1) is 16.0. The highest BCUT2D eigenvalue weighted by molar-refractivity contribution is 9.10. The number of hydrogen-bond donors (Lipinski definition) is 1. The number of methoxy groups -OCH3 is 1. The van der Waals surface area contributed by atoms with E-state index in [0.29, 0.717) is 11.4 Å². The lowest BCUT2D eigenvalue weighted by molar-refractivity contribution is -0.139. The molecule has 0 fully saturated rings. The van der Waals surface area contributed by atoms with Gasteiger partial charge in [-0.2, -0.15) is 0 Å². The summed E-state index contributed by atoms with van der Waals surface area (Å²) in [4.78, 5) is 27.8. The summed E-state index contributed by atoms with van der Waals surface area (Å²) in [6.07, 6.45) is 1.79. The fraction of sp³-hybridized carbons (Fsp3) is 0.417. The number of sulfonamides is 1. The van der Waals surface area contributed by atoms with Crippen molar-refractivity contribution in [3.8, 4) is 5.75 Å². The summed E-state index contributed by atoms with van der Waals surface area (Å²) in [5.41, 5.74) is 1.14. The first kappa shape index (κ1) is 27.7. The average molecular weight is 555 g/mol. The largest absolute Gasteiger partial charge is 0.497 e. The van der Waals surface area contributed by atoms with Crippen LogP contribution < -0.4 is 14.4 Å². The van der Waals surface area contributed by atoms with Crippen LogP contribution in [-0.4, -0.2) is 57.1 Å². The van der Waals surface area contributed by atoms with Gasteiger partial charge >= 0.3 is 0 Å². The van der Waals surface area contributed by atoms with E-state index in [1.807, 2.05) is 38.1 Å². The highest BCUT2D eigenvalue weighted by Gasteiger charge is 2.30. The molecule has 0 bridgehead atoms. The van der Waals surface area contributed by atoms with Crippen molar-refractivity contribution in [2.75, 3.05) is 24.2 Å². The minimum absolute atomic E-state index is 0.0513. The molecular weight excluding hydrogens is 522 g/mol. The smallest absolute Gasteiger partial charge is 0.244 e. The molecule has 0 aliphatic rings. The van der Waals surface area contributed by atoms with E-state index >= 15 is 0 Å². The Bertz CT molecular complexity index is 1090. The number of nitrogens with zero attached hydrogens (tertiary/aromatic N) is 2. The molecule has 0 saturated heterocycles. The Kier molecular flexibility index (Phi) is 9.93. The molecule has 0 unspecified atom stereocenters. The van der Waals surface area contributed by atoms with Gasteiger partial charge in [-0.3, -0.25) is 13.9 Å². The zero-order chi connectivity index (χ0) is 25.5. The molecule has 34 heavy (non-hydrogen) atoms. The van der Waals surface area contributed by atoms with Crippen molar-refractivity contribution in [3.63, 3.8) is 0 Å². The van der Waals surface area contributed by atoms with Crippen LogP contribution in [0.4, 0.5) is 5.69 Å². The van der Waals surface area contributed by atoms with E-state index < -0.39 is 28.5 Å². The van der Waals surface area contributed by atoms with Crippen LogP contribution in [0, 0.1) is 0 Å². The molecule has 0 aliphatic carbocycles. The first-order valence-corrected chi connectivity index (χ1v) is 13.6. The number of anilines is 1. The van der Waals surface area contributed by atoms with Gasteiger partial charge in [-0.25, -0.2) is 8.42 Å². The van der Waals surface area contributed by atoms with E-state index in [4.69, 9.17) is 4.74 Å². The fourth-order valence-corrected chi connectivity index (χ4v) is 4.54. The minimum Gasteiger partial charge on any atom is -0.497 e. The predicted molar refractivity (Wildman–Crippen MR) is 137 cm³/mol. The predicted octanol–water partition coefficient (Wildman–Crippen LogP) is 3.56. The van der Waals surface area contributed by atoms with Gasteiger partial charge in [-0.1, -0.05) is 35.0 Å². The summed E-state index contributed by atoms with van der Waals surface area (Å²) in [6.45, 7) is 5.19. The molecule has 0 spiro atoms. The average Bonchev–Trinajstić information content (AvgIpc) is 2.79. The van der Waals surface area contributed by atoms with Crippen LogP contribution >= 0.6 is 15.9 Å². The van der Waals surface area contributed by atoms with Crippen LogP contribution in [0.2, 0.25) is 0 Å². The number of carbonyl (C=O) groups excluding carboxylic acids is 2. The molecule has 186 valence electrons. The van der Waals surface area contributed by atoms with Crippen LogP contribution in [0.1, 0.15) is 32.8 Å². The topological polar surface area (TPSA) is 96.0 Å². The van der Waals surface area contributed by atoms with E-state index in [-0.39, 0.29) is 18.5 Å². The second-order valence-corrected chi connectivity index (χ2v) is 10.9. The monoisotopic (exact) mass is 553 g/mol. The number of carbonyl (C=O) groups is 2. The second kappa shape index (κ2) is 12.2. The normalized spacial score (nSPS) is 13.0. The lowest BCUT2D eigenvalue weighted by Crippen LogP contribution is -2.52. The number of hydrogen-bond acceptors (Lipinski definition) is 5. The highest BCUT2D eigenvalue weighted by atomic mass is 79.9. The molecule has 2 amide bonds. The molecule has 1 N–H and O–H groups in total. The van der Waals surface area contributed by atoms with Crippen molar-refractivity contribution < 1.29 is 22.7 Å². The van der Waals surface area contributed by atoms with Crippen molar-refractivity contribution in [2.24, 2.45) is 0 Å². The van der Waals surface area contributed by atoms with E-state index in [9.17, 15) is 18.0 Å². The van der Waals surface area contributed by atoms with Crippen molar-refractivity contribution in [2.45, 2.75) is 45.8 Å². The molecule has 0 saturated carbocycles. The van der Waals surface area contributed by atoms with Crippen LogP contribution in [0.5, 0.6) is 5.75 Å². The van der Waals surface area contributed by atoms with Crippen molar-refractivity contribution >= 4 is 43.5 Å². The third-order valence-electron chi connectivity index (χ3n) is 5.45. The number of halogens is 1. The van der Waals surface area contributed by atoms with Crippen molar-refractivity contribution in [1.29, 1.82) is 0 Å². The first-order valence-electron chi connectivity index (χ1n) is 10.9. The summed E-state index contributed by atoms with van der Waals surface area (Å²) in [5.74, 6) is -0.226. The molecule has 8 nitrogen and oxygen atoms in total. The summed E-state index contributed by atoms with van der Waals surface area (Å²) < 4.78 is 32.2. The molecule has 2 aromatic rings. The van der Waals surface area contributed by atoms with Crippen LogP contribution in [0.15, 0.2) is 53.0 Å². The lowest BCUT2D eigenvalue weighted by atomic mass is 10.1. The van der Waals surface area contributed by atoms with Crippen molar-refractivity contribution in [1.82, 2.24) is 10.2 Å². The highest BCUT2D eigenvalue weighted by Crippen LogP contribution is 2.22. The number of benzene rings is 2. The Morgan fingerprint density at radius 1 is 1.12 bits per heavy atom. The van der Waals surface area contributed by atoms with E-state index in [0.717, 1.165) is 27.0 Å². The Morgan fingerprint density at radius 3 is 2.29 bits per heavy atom. The minimum atomic E-state index is -3.78. The Morgan fingerprint density at radius 2 is 1.76 bits per heavy atom. The summed E-state index contributed by atoms with van der Waals surface area (Å²) in [7, 11) is -2.27. The fourth-order valence-electron chi connectivity index (χ4n) is 3.24. The zero-order valence-electron chi connectivity index (χ0n) is 20.1. The molecule has 0 aromatic heterocycles. The molecular formula is C24H32BrN3O5S. The SMILES string of the molecule is CC[C@H](C)NC(=O)[C@H](C)N(Cc1cccc(Br)c1)C(=O)CN(c1ccc(OC)cc1)S(C)(=O)=O. The van der Waals surface area contributed by atoms with E-state index in [1.54, 1.807) is 31.2 Å². The van der Waals surface area contributed by atoms with Gasteiger partial charge in [0.2, 0.25) is 21.8 Å². The summed E-state index contributed by atoms with van der Waals surface area (Å²) in [5, 5.41) is 2.90. The number of rotatable bonds is 11. The molecule has 10 heteroatoms. The number of nitrogens with one attached hydrogen (secondary N) is 1. The van der Waals surface area contributed by atoms with Gasteiger partial charge in [0.25, 0.3) is 0 Å². The third-order valence-corrected chi connectivity index (χ3v) is 7.08. The summed E-state index contributed by atoms with van der Waals surface area (Å²) in [6, 6.07) is 13.0. The maximum atomic E-state index is 13.5. The van der Waals surface area contributed by atoms with Crippen LogP contribution in [-0.2, 0) is 26.2 Å². The van der Waals surface area contributed by atoms with Gasteiger partial charge in [0.05, 0.1) is 19.1 Å². The van der Waals surface area contributed by atoms with E-state index in [1.165, 1.54) is 12.0 Å². The standard InChI is InChI=1S/C24H32BrN3O5S/c1-6-17(2)26-24(30)18(3)27(15-19-8-7-9-20(25)14-19)23(29)16-28(34(5,31)32)21-10-12-22(33-4)13-11-21/h7-14,17-18H,6,15-16H2,1-5H3,(H,26,30)/t17-,18-/m0/s1. The third kappa shape index (κ3) is 7.73. The van der Waals surface area contributed by atoms with Gasteiger partial charge < -0.3 is 15.0 Å². The van der Waals surface area contributed by atoms with E-state index in [2.05, 4.69) is 21.2 Å². The zero-order valence-corrected chi connectivity index (χ0v) is 22.5.